The van der Waals surface area contributed by atoms with Crippen LogP contribution in [-0.2, 0) is 6.42 Å². The fourth-order valence-corrected chi connectivity index (χ4v) is 1.57. The summed E-state index contributed by atoms with van der Waals surface area (Å²) < 4.78 is 5.28. The first-order valence-electron chi connectivity index (χ1n) is 4.75. The van der Waals surface area contributed by atoms with Crippen molar-refractivity contribution >= 4 is 12.6 Å². The van der Waals surface area contributed by atoms with Gasteiger partial charge in [0.2, 0.25) is 0 Å². The van der Waals surface area contributed by atoms with Crippen LogP contribution in [0.2, 0.25) is 0 Å². The van der Waals surface area contributed by atoms with Crippen molar-refractivity contribution in [1.29, 1.82) is 0 Å². The van der Waals surface area contributed by atoms with Gasteiger partial charge in [-0.25, -0.2) is 0 Å². The third kappa shape index (κ3) is 2.42. The summed E-state index contributed by atoms with van der Waals surface area (Å²) >= 11 is 4.44. The average molecular weight is 211 g/mol. The molecule has 0 aliphatic carbocycles. The van der Waals surface area contributed by atoms with E-state index in [0.717, 1.165) is 17.7 Å². The van der Waals surface area contributed by atoms with Crippen molar-refractivity contribution in [2.45, 2.75) is 18.7 Å². The molecule has 0 spiro atoms. The number of ether oxygens (including phenoxy) is 1. The van der Waals surface area contributed by atoms with Gasteiger partial charge in [-0.2, -0.15) is 12.6 Å². The second-order valence-corrected chi connectivity index (χ2v) is 3.64. The minimum absolute atomic E-state index is 0.0245. The lowest BCUT2D eigenvalue weighted by Gasteiger charge is -2.15. The van der Waals surface area contributed by atoms with Crippen LogP contribution in [-0.4, -0.2) is 14.2 Å². The number of hydrogen-bond donors (Lipinski definition) is 2. The largest absolute Gasteiger partial charge is 0.496 e. The van der Waals surface area contributed by atoms with Crippen molar-refractivity contribution in [3.63, 3.8) is 0 Å². The molecule has 0 saturated carbocycles. The Balaban J connectivity index is 3.08. The van der Waals surface area contributed by atoms with E-state index in [9.17, 15) is 0 Å². The second-order valence-electron chi connectivity index (χ2n) is 3.12. The van der Waals surface area contributed by atoms with Crippen molar-refractivity contribution in [1.82, 2.24) is 5.32 Å². The van der Waals surface area contributed by atoms with Gasteiger partial charge in [-0.3, -0.25) is 0 Å². The Morgan fingerprint density at radius 2 is 2.21 bits per heavy atom. The van der Waals surface area contributed by atoms with Crippen LogP contribution < -0.4 is 10.1 Å². The topological polar surface area (TPSA) is 21.3 Å². The van der Waals surface area contributed by atoms with Gasteiger partial charge in [-0.1, -0.05) is 13.0 Å². The molecule has 78 valence electrons. The molecular formula is C11H17NOS. The summed E-state index contributed by atoms with van der Waals surface area (Å²) in [7, 11) is 3.57. The maximum absolute atomic E-state index is 5.28. The Morgan fingerprint density at radius 3 is 2.71 bits per heavy atom. The van der Waals surface area contributed by atoms with E-state index in [1.54, 1.807) is 7.11 Å². The molecule has 1 atom stereocenters. The fourth-order valence-electron chi connectivity index (χ4n) is 1.37. The SMILES string of the molecule is CCc1ccc(OC)c(C(S)NC)c1. The van der Waals surface area contributed by atoms with Gasteiger partial charge < -0.3 is 10.1 Å². The highest BCUT2D eigenvalue weighted by molar-refractivity contribution is 7.80. The molecule has 0 aliphatic heterocycles. The molecule has 0 saturated heterocycles. The number of aryl methyl sites for hydroxylation is 1. The lowest BCUT2D eigenvalue weighted by Crippen LogP contribution is -2.11. The molecule has 1 N–H and O–H groups in total. The first-order valence-corrected chi connectivity index (χ1v) is 5.26. The van der Waals surface area contributed by atoms with Gasteiger partial charge in [0.1, 0.15) is 5.75 Å². The third-order valence-electron chi connectivity index (χ3n) is 2.27. The molecule has 2 nitrogen and oxygen atoms in total. The Hall–Kier alpha value is -0.670. The van der Waals surface area contributed by atoms with Crippen LogP contribution in [0.5, 0.6) is 5.75 Å². The standard InChI is InChI=1S/C11H17NOS/c1-4-8-5-6-10(13-3)9(7-8)11(14)12-2/h5-7,11-12,14H,4H2,1-3H3. The van der Waals surface area contributed by atoms with Crippen LogP contribution in [0.1, 0.15) is 23.4 Å². The molecule has 1 rings (SSSR count). The van der Waals surface area contributed by atoms with Gasteiger partial charge in [-0.15, -0.1) is 0 Å². The molecule has 0 bridgehead atoms. The molecule has 1 unspecified atom stereocenters. The Morgan fingerprint density at radius 1 is 1.50 bits per heavy atom. The average Bonchev–Trinajstić information content (AvgIpc) is 2.27. The minimum Gasteiger partial charge on any atom is -0.496 e. The summed E-state index contributed by atoms with van der Waals surface area (Å²) in [4.78, 5) is 0. The molecule has 0 heterocycles. The monoisotopic (exact) mass is 211 g/mol. The van der Waals surface area contributed by atoms with E-state index >= 15 is 0 Å². The van der Waals surface area contributed by atoms with Gasteiger partial charge in [0, 0.05) is 5.56 Å². The van der Waals surface area contributed by atoms with Crippen LogP contribution >= 0.6 is 12.6 Å². The van der Waals surface area contributed by atoms with Gasteiger partial charge in [0.15, 0.2) is 0 Å². The van der Waals surface area contributed by atoms with E-state index in [1.807, 2.05) is 13.1 Å². The van der Waals surface area contributed by atoms with Crippen molar-refractivity contribution in [2.24, 2.45) is 0 Å². The Kier molecular flexibility index (Phi) is 4.29. The Bertz CT molecular complexity index is 301. The van der Waals surface area contributed by atoms with Gasteiger partial charge >= 0.3 is 0 Å². The molecule has 0 radical (unpaired) electrons. The van der Waals surface area contributed by atoms with Gasteiger partial charge in [-0.05, 0) is 31.2 Å². The maximum Gasteiger partial charge on any atom is 0.124 e. The smallest absolute Gasteiger partial charge is 0.124 e. The number of benzene rings is 1. The zero-order chi connectivity index (χ0) is 10.6. The zero-order valence-corrected chi connectivity index (χ0v) is 9.77. The predicted octanol–water partition coefficient (Wildman–Crippen LogP) is 2.41. The van der Waals surface area contributed by atoms with E-state index in [-0.39, 0.29) is 5.37 Å². The van der Waals surface area contributed by atoms with E-state index in [4.69, 9.17) is 4.74 Å². The Labute approximate surface area is 91.1 Å². The summed E-state index contributed by atoms with van der Waals surface area (Å²) in [5, 5.41) is 3.12. The normalized spacial score (nSPS) is 12.6. The summed E-state index contributed by atoms with van der Waals surface area (Å²) in [5.74, 6) is 0.886. The van der Waals surface area contributed by atoms with E-state index in [1.165, 1.54) is 5.56 Å². The molecule has 0 fully saturated rings. The first-order chi connectivity index (χ1) is 6.72. The molecular weight excluding hydrogens is 194 g/mol. The molecule has 1 aromatic rings. The quantitative estimate of drug-likeness (QED) is 0.589. The van der Waals surface area contributed by atoms with Crippen LogP contribution in [0, 0.1) is 0 Å². The minimum atomic E-state index is 0.0245. The summed E-state index contributed by atoms with van der Waals surface area (Å²) in [6, 6.07) is 6.21. The predicted molar refractivity (Wildman–Crippen MR) is 63.2 cm³/mol. The number of nitrogens with one attached hydrogen (secondary N) is 1. The third-order valence-corrected chi connectivity index (χ3v) is 2.81. The van der Waals surface area contributed by atoms with Crippen LogP contribution in [0.4, 0.5) is 0 Å². The number of methoxy groups -OCH3 is 1. The number of rotatable bonds is 4. The van der Waals surface area contributed by atoms with E-state index in [2.05, 4.69) is 37.0 Å². The number of hydrogen-bond acceptors (Lipinski definition) is 3. The number of thiol groups is 1. The fraction of sp³-hybridized carbons (Fsp3) is 0.455. The summed E-state index contributed by atoms with van der Waals surface area (Å²) in [6.45, 7) is 2.14. The molecule has 14 heavy (non-hydrogen) atoms. The van der Waals surface area contributed by atoms with Gasteiger partial charge in [0.25, 0.3) is 0 Å². The van der Waals surface area contributed by atoms with Crippen LogP contribution in [0.25, 0.3) is 0 Å². The highest BCUT2D eigenvalue weighted by Crippen LogP contribution is 2.28. The zero-order valence-electron chi connectivity index (χ0n) is 8.87. The molecule has 0 aromatic heterocycles. The van der Waals surface area contributed by atoms with E-state index in [0.29, 0.717) is 0 Å². The lowest BCUT2D eigenvalue weighted by atomic mass is 10.1. The highest BCUT2D eigenvalue weighted by atomic mass is 32.1. The lowest BCUT2D eigenvalue weighted by molar-refractivity contribution is 0.408. The van der Waals surface area contributed by atoms with Crippen molar-refractivity contribution in [2.75, 3.05) is 14.2 Å². The molecule has 0 aliphatic rings. The summed E-state index contributed by atoms with van der Waals surface area (Å²) in [6.07, 6.45) is 1.03. The highest BCUT2D eigenvalue weighted by Gasteiger charge is 2.10. The van der Waals surface area contributed by atoms with Crippen LogP contribution in [0.15, 0.2) is 18.2 Å². The second kappa shape index (κ2) is 5.27. The molecule has 1 aromatic carbocycles. The van der Waals surface area contributed by atoms with E-state index < -0.39 is 0 Å². The van der Waals surface area contributed by atoms with Crippen LogP contribution in [0.3, 0.4) is 0 Å². The molecule has 0 amide bonds. The molecule has 3 heteroatoms. The summed E-state index contributed by atoms with van der Waals surface area (Å²) in [5.41, 5.74) is 2.40. The van der Waals surface area contributed by atoms with Gasteiger partial charge in [0.05, 0.1) is 12.5 Å². The van der Waals surface area contributed by atoms with Crippen molar-refractivity contribution < 1.29 is 4.74 Å². The first kappa shape index (κ1) is 11.4. The van der Waals surface area contributed by atoms with Crippen molar-refractivity contribution in [3.05, 3.63) is 29.3 Å². The maximum atomic E-state index is 5.28. The van der Waals surface area contributed by atoms with Crippen molar-refractivity contribution in [3.8, 4) is 5.75 Å².